The number of nitrogens with zero attached hydrogens (tertiary/aromatic N) is 2. The van der Waals surface area contributed by atoms with Gasteiger partial charge in [0, 0.05) is 30.9 Å². The molecular formula is C16H21N3. The summed E-state index contributed by atoms with van der Waals surface area (Å²) in [5, 5.41) is 8.04. The van der Waals surface area contributed by atoms with Gasteiger partial charge in [-0.3, -0.25) is 4.68 Å². The van der Waals surface area contributed by atoms with Gasteiger partial charge < -0.3 is 5.32 Å². The largest absolute Gasteiger partial charge is 0.310 e. The zero-order chi connectivity index (χ0) is 13.2. The maximum Gasteiger partial charge on any atom is 0.0672 e. The minimum atomic E-state index is 0.768. The van der Waals surface area contributed by atoms with Gasteiger partial charge in [-0.1, -0.05) is 24.3 Å². The average molecular weight is 255 g/mol. The molecule has 0 atom stereocenters. The van der Waals surface area contributed by atoms with Gasteiger partial charge in [0.05, 0.1) is 5.69 Å². The molecule has 0 spiro atoms. The second-order valence-electron chi connectivity index (χ2n) is 5.34. The maximum absolute atomic E-state index is 4.50. The predicted molar refractivity (Wildman–Crippen MR) is 77.9 cm³/mol. The molecule has 1 saturated carbocycles. The summed E-state index contributed by atoms with van der Waals surface area (Å²) in [6, 6.07) is 9.60. The standard InChI is InChI=1S/C16H21N3/c1-3-19-11-16(12(2)18-19)14-6-4-13(5-7-14)10-17-15-8-9-15/h4-7,11,15,17H,3,8-10H2,1-2H3. The van der Waals surface area contributed by atoms with Gasteiger partial charge in [0.15, 0.2) is 0 Å². The molecule has 1 aliphatic rings. The van der Waals surface area contributed by atoms with Crippen molar-refractivity contribution in [3.05, 3.63) is 41.7 Å². The Balaban J connectivity index is 1.74. The molecule has 0 unspecified atom stereocenters. The highest BCUT2D eigenvalue weighted by Crippen LogP contribution is 2.23. The van der Waals surface area contributed by atoms with Gasteiger partial charge in [-0.05, 0) is 37.8 Å². The van der Waals surface area contributed by atoms with Crippen molar-refractivity contribution in [1.29, 1.82) is 0 Å². The van der Waals surface area contributed by atoms with Crippen LogP contribution in [0.2, 0.25) is 0 Å². The van der Waals surface area contributed by atoms with Crippen molar-refractivity contribution in [2.45, 2.75) is 45.8 Å². The molecule has 0 radical (unpaired) electrons. The third kappa shape index (κ3) is 2.87. The monoisotopic (exact) mass is 255 g/mol. The second-order valence-corrected chi connectivity index (χ2v) is 5.34. The number of hydrogen-bond donors (Lipinski definition) is 1. The number of nitrogens with one attached hydrogen (secondary N) is 1. The Kier molecular flexibility index (Phi) is 3.38. The molecule has 1 aromatic carbocycles. The normalized spacial score (nSPS) is 14.8. The van der Waals surface area contributed by atoms with Crippen molar-refractivity contribution in [2.24, 2.45) is 0 Å². The first-order valence-electron chi connectivity index (χ1n) is 7.13. The number of aryl methyl sites for hydroxylation is 2. The van der Waals surface area contributed by atoms with E-state index in [1.807, 2.05) is 4.68 Å². The molecule has 0 amide bonds. The fourth-order valence-electron chi connectivity index (χ4n) is 2.32. The Bertz CT molecular complexity index is 550. The lowest BCUT2D eigenvalue weighted by Gasteiger charge is -2.04. The number of aromatic nitrogens is 2. The van der Waals surface area contributed by atoms with E-state index in [2.05, 4.69) is 54.7 Å². The molecule has 1 heterocycles. The van der Waals surface area contributed by atoms with Crippen molar-refractivity contribution in [3.8, 4) is 11.1 Å². The van der Waals surface area contributed by atoms with Crippen molar-refractivity contribution < 1.29 is 0 Å². The summed E-state index contributed by atoms with van der Waals surface area (Å²) in [6.07, 6.45) is 4.81. The minimum Gasteiger partial charge on any atom is -0.310 e. The van der Waals surface area contributed by atoms with Crippen LogP contribution in [0, 0.1) is 6.92 Å². The molecule has 1 N–H and O–H groups in total. The van der Waals surface area contributed by atoms with Crippen molar-refractivity contribution in [2.75, 3.05) is 0 Å². The zero-order valence-corrected chi connectivity index (χ0v) is 11.7. The predicted octanol–water partition coefficient (Wildman–Crippen LogP) is 3.13. The summed E-state index contributed by atoms with van der Waals surface area (Å²) < 4.78 is 1.99. The van der Waals surface area contributed by atoms with Gasteiger partial charge in [0.1, 0.15) is 0 Å². The molecule has 1 fully saturated rings. The lowest BCUT2D eigenvalue weighted by Crippen LogP contribution is -2.14. The van der Waals surface area contributed by atoms with E-state index in [9.17, 15) is 0 Å². The van der Waals surface area contributed by atoms with Gasteiger partial charge >= 0.3 is 0 Å². The summed E-state index contributed by atoms with van der Waals surface area (Å²) in [5.41, 5.74) is 4.96. The van der Waals surface area contributed by atoms with Gasteiger partial charge in [0.2, 0.25) is 0 Å². The molecule has 0 saturated heterocycles. The first kappa shape index (κ1) is 12.4. The highest BCUT2D eigenvalue weighted by molar-refractivity contribution is 5.65. The van der Waals surface area contributed by atoms with Crippen LogP contribution in [0.5, 0.6) is 0 Å². The van der Waals surface area contributed by atoms with Gasteiger partial charge in [-0.25, -0.2) is 0 Å². The van der Waals surface area contributed by atoms with E-state index in [1.54, 1.807) is 0 Å². The lowest BCUT2D eigenvalue weighted by atomic mass is 10.0. The van der Waals surface area contributed by atoms with Crippen LogP contribution in [0.3, 0.4) is 0 Å². The second kappa shape index (κ2) is 5.17. The Hall–Kier alpha value is -1.61. The Labute approximate surface area is 114 Å². The van der Waals surface area contributed by atoms with Gasteiger partial charge in [0.25, 0.3) is 0 Å². The molecule has 2 aromatic rings. The third-order valence-electron chi connectivity index (χ3n) is 3.71. The van der Waals surface area contributed by atoms with E-state index in [0.717, 1.165) is 24.8 Å². The van der Waals surface area contributed by atoms with E-state index in [0.29, 0.717) is 0 Å². The Morgan fingerprint density at radius 1 is 1.26 bits per heavy atom. The number of benzene rings is 1. The molecule has 1 aliphatic carbocycles. The minimum absolute atomic E-state index is 0.768. The van der Waals surface area contributed by atoms with Crippen molar-refractivity contribution >= 4 is 0 Å². The Morgan fingerprint density at radius 3 is 2.58 bits per heavy atom. The van der Waals surface area contributed by atoms with Crippen molar-refractivity contribution in [1.82, 2.24) is 15.1 Å². The highest BCUT2D eigenvalue weighted by atomic mass is 15.3. The van der Waals surface area contributed by atoms with E-state index >= 15 is 0 Å². The molecule has 100 valence electrons. The summed E-state index contributed by atoms with van der Waals surface area (Å²) in [7, 11) is 0. The van der Waals surface area contributed by atoms with Crippen LogP contribution in [-0.4, -0.2) is 15.8 Å². The third-order valence-corrected chi connectivity index (χ3v) is 3.71. The smallest absolute Gasteiger partial charge is 0.0672 e. The van der Waals surface area contributed by atoms with Crippen LogP contribution in [0.1, 0.15) is 31.0 Å². The maximum atomic E-state index is 4.50. The van der Waals surface area contributed by atoms with Crippen molar-refractivity contribution in [3.63, 3.8) is 0 Å². The number of rotatable bonds is 5. The average Bonchev–Trinajstić information content (AvgIpc) is 3.19. The lowest BCUT2D eigenvalue weighted by molar-refractivity contribution is 0.653. The van der Waals surface area contributed by atoms with Crippen LogP contribution in [0.25, 0.3) is 11.1 Å². The first-order chi connectivity index (χ1) is 9.26. The topological polar surface area (TPSA) is 29.9 Å². The molecular weight excluding hydrogens is 234 g/mol. The molecule has 19 heavy (non-hydrogen) atoms. The summed E-state index contributed by atoms with van der Waals surface area (Å²) in [5.74, 6) is 0. The summed E-state index contributed by atoms with van der Waals surface area (Å²) >= 11 is 0. The molecule has 1 aromatic heterocycles. The summed E-state index contributed by atoms with van der Waals surface area (Å²) in [6.45, 7) is 6.09. The first-order valence-corrected chi connectivity index (χ1v) is 7.13. The molecule has 3 rings (SSSR count). The molecule has 3 heteroatoms. The Morgan fingerprint density at radius 2 is 2.00 bits per heavy atom. The summed E-state index contributed by atoms with van der Waals surface area (Å²) in [4.78, 5) is 0. The zero-order valence-electron chi connectivity index (χ0n) is 11.7. The van der Waals surface area contributed by atoms with E-state index in [4.69, 9.17) is 0 Å². The van der Waals surface area contributed by atoms with Crippen LogP contribution < -0.4 is 5.32 Å². The van der Waals surface area contributed by atoms with E-state index in [1.165, 1.54) is 29.5 Å². The fraction of sp³-hybridized carbons (Fsp3) is 0.438. The SMILES string of the molecule is CCn1cc(-c2ccc(CNC3CC3)cc2)c(C)n1. The van der Waals surface area contributed by atoms with E-state index in [-0.39, 0.29) is 0 Å². The molecule has 3 nitrogen and oxygen atoms in total. The van der Waals surface area contributed by atoms with Crippen LogP contribution >= 0.6 is 0 Å². The van der Waals surface area contributed by atoms with Gasteiger partial charge in [-0.2, -0.15) is 5.10 Å². The quantitative estimate of drug-likeness (QED) is 0.889. The fourth-order valence-corrected chi connectivity index (χ4v) is 2.32. The molecule has 0 aliphatic heterocycles. The van der Waals surface area contributed by atoms with Crippen LogP contribution in [-0.2, 0) is 13.1 Å². The van der Waals surface area contributed by atoms with Crippen LogP contribution in [0.15, 0.2) is 30.5 Å². The van der Waals surface area contributed by atoms with Crippen LogP contribution in [0.4, 0.5) is 0 Å². The highest BCUT2D eigenvalue weighted by Gasteiger charge is 2.19. The van der Waals surface area contributed by atoms with Gasteiger partial charge in [-0.15, -0.1) is 0 Å². The van der Waals surface area contributed by atoms with E-state index < -0.39 is 0 Å². The number of hydrogen-bond acceptors (Lipinski definition) is 2. The molecule has 0 bridgehead atoms.